The third-order valence-corrected chi connectivity index (χ3v) is 1.86. The van der Waals surface area contributed by atoms with E-state index in [1.54, 1.807) is 12.1 Å². The van der Waals surface area contributed by atoms with Crippen molar-refractivity contribution >= 4 is 17.7 Å². The van der Waals surface area contributed by atoms with Crippen LogP contribution >= 0.6 is 0 Å². The zero-order chi connectivity index (χ0) is 13.1. The summed E-state index contributed by atoms with van der Waals surface area (Å²) in [5.74, 6) is -1.02. The van der Waals surface area contributed by atoms with Gasteiger partial charge in [0, 0.05) is 11.2 Å². The molecule has 0 saturated heterocycles. The average molecular weight is 236 g/mol. The van der Waals surface area contributed by atoms with Crippen molar-refractivity contribution in [3.05, 3.63) is 29.8 Å². The maximum Gasteiger partial charge on any atom is 0.335 e. The van der Waals surface area contributed by atoms with Gasteiger partial charge in [-0.05, 0) is 39.0 Å². The molecule has 0 aliphatic heterocycles. The second-order valence-electron chi connectivity index (χ2n) is 4.72. The van der Waals surface area contributed by atoms with Crippen LogP contribution in [0.5, 0.6) is 0 Å². The van der Waals surface area contributed by atoms with Crippen LogP contribution in [-0.4, -0.2) is 22.6 Å². The zero-order valence-electron chi connectivity index (χ0n) is 10.1. The van der Waals surface area contributed by atoms with Gasteiger partial charge in [-0.1, -0.05) is 6.07 Å². The normalized spacial score (nSPS) is 10.8. The van der Waals surface area contributed by atoms with Gasteiger partial charge >= 0.3 is 12.0 Å². The molecule has 0 heterocycles. The number of carbonyl (C=O) groups excluding carboxylic acids is 1. The maximum absolute atomic E-state index is 11.5. The van der Waals surface area contributed by atoms with Crippen LogP contribution in [0, 0.1) is 0 Å². The highest BCUT2D eigenvalue weighted by molar-refractivity contribution is 5.93. The number of carbonyl (C=O) groups is 2. The molecule has 0 saturated carbocycles. The van der Waals surface area contributed by atoms with Crippen molar-refractivity contribution in [2.24, 2.45) is 0 Å². The van der Waals surface area contributed by atoms with Gasteiger partial charge in [-0.15, -0.1) is 0 Å². The fourth-order valence-corrected chi connectivity index (χ4v) is 1.23. The fraction of sp³-hybridized carbons (Fsp3) is 0.333. The van der Waals surface area contributed by atoms with E-state index in [1.165, 1.54) is 12.1 Å². The number of carboxylic acid groups (broad SMARTS) is 1. The van der Waals surface area contributed by atoms with Crippen molar-refractivity contribution in [1.82, 2.24) is 5.32 Å². The Labute approximate surface area is 99.8 Å². The van der Waals surface area contributed by atoms with Crippen LogP contribution in [0.25, 0.3) is 0 Å². The molecule has 1 aromatic rings. The van der Waals surface area contributed by atoms with E-state index in [4.69, 9.17) is 5.11 Å². The summed E-state index contributed by atoms with van der Waals surface area (Å²) in [4.78, 5) is 22.3. The number of amides is 2. The first-order valence-electron chi connectivity index (χ1n) is 5.20. The summed E-state index contributed by atoms with van der Waals surface area (Å²) in [7, 11) is 0. The fourth-order valence-electron chi connectivity index (χ4n) is 1.23. The third-order valence-electron chi connectivity index (χ3n) is 1.86. The molecule has 0 aromatic heterocycles. The Hall–Kier alpha value is -2.04. The van der Waals surface area contributed by atoms with Crippen molar-refractivity contribution < 1.29 is 14.7 Å². The summed E-state index contributed by atoms with van der Waals surface area (Å²) in [6, 6.07) is 5.73. The molecule has 3 N–H and O–H groups in total. The summed E-state index contributed by atoms with van der Waals surface area (Å²) in [6.45, 7) is 5.58. The van der Waals surface area contributed by atoms with Crippen LogP contribution in [0.15, 0.2) is 24.3 Å². The van der Waals surface area contributed by atoms with Crippen molar-refractivity contribution in [2.75, 3.05) is 5.32 Å². The number of urea groups is 1. The molecule has 0 atom stereocenters. The van der Waals surface area contributed by atoms with Gasteiger partial charge in [0.15, 0.2) is 0 Å². The summed E-state index contributed by atoms with van der Waals surface area (Å²) >= 11 is 0. The number of aromatic carboxylic acids is 1. The molecule has 0 bridgehead atoms. The zero-order valence-corrected chi connectivity index (χ0v) is 10.1. The molecule has 5 heteroatoms. The largest absolute Gasteiger partial charge is 0.478 e. The topological polar surface area (TPSA) is 78.4 Å². The predicted molar refractivity (Wildman–Crippen MR) is 65.3 cm³/mol. The number of rotatable bonds is 2. The minimum atomic E-state index is -1.02. The Morgan fingerprint density at radius 3 is 2.41 bits per heavy atom. The highest BCUT2D eigenvalue weighted by atomic mass is 16.4. The minimum absolute atomic E-state index is 0.138. The lowest BCUT2D eigenvalue weighted by molar-refractivity contribution is 0.0697. The van der Waals surface area contributed by atoms with E-state index in [0.29, 0.717) is 5.69 Å². The van der Waals surface area contributed by atoms with Gasteiger partial charge in [-0.3, -0.25) is 0 Å². The second-order valence-corrected chi connectivity index (χ2v) is 4.72. The first-order chi connectivity index (χ1) is 7.78. The quantitative estimate of drug-likeness (QED) is 0.737. The molecular formula is C12H16N2O3. The Morgan fingerprint density at radius 2 is 1.88 bits per heavy atom. The van der Waals surface area contributed by atoms with E-state index >= 15 is 0 Å². The van der Waals surface area contributed by atoms with Crippen molar-refractivity contribution in [3.63, 3.8) is 0 Å². The molecule has 5 nitrogen and oxygen atoms in total. The second kappa shape index (κ2) is 4.86. The van der Waals surface area contributed by atoms with Crippen LogP contribution < -0.4 is 10.6 Å². The van der Waals surface area contributed by atoms with E-state index < -0.39 is 5.97 Å². The molecule has 17 heavy (non-hydrogen) atoms. The minimum Gasteiger partial charge on any atom is -0.478 e. The lowest BCUT2D eigenvalue weighted by atomic mass is 10.1. The van der Waals surface area contributed by atoms with Gasteiger partial charge in [-0.2, -0.15) is 0 Å². The number of benzene rings is 1. The van der Waals surface area contributed by atoms with E-state index in [-0.39, 0.29) is 17.1 Å². The molecule has 0 unspecified atom stereocenters. The Bertz CT molecular complexity index is 436. The molecule has 0 fully saturated rings. The summed E-state index contributed by atoms with van der Waals surface area (Å²) < 4.78 is 0. The van der Waals surface area contributed by atoms with E-state index in [0.717, 1.165) is 0 Å². The van der Waals surface area contributed by atoms with Crippen molar-refractivity contribution in [1.29, 1.82) is 0 Å². The highest BCUT2D eigenvalue weighted by Crippen LogP contribution is 2.11. The number of carboxylic acids is 1. The Morgan fingerprint density at radius 1 is 1.24 bits per heavy atom. The Balaban J connectivity index is 2.72. The first-order valence-corrected chi connectivity index (χ1v) is 5.20. The smallest absolute Gasteiger partial charge is 0.335 e. The summed E-state index contributed by atoms with van der Waals surface area (Å²) in [6.07, 6.45) is 0. The van der Waals surface area contributed by atoms with Gasteiger partial charge in [0.25, 0.3) is 0 Å². The molecule has 0 aliphatic rings. The SMILES string of the molecule is CC(C)(C)NC(=O)Nc1cccc(C(=O)O)c1. The van der Waals surface area contributed by atoms with Gasteiger partial charge < -0.3 is 15.7 Å². The molecular weight excluding hydrogens is 220 g/mol. The molecule has 0 spiro atoms. The van der Waals surface area contributed by atoms with Crippen LogP contribution in [0.1, 0.15) is 31.1 Å². The van der Waals surface area contributed by atoms with Crippen LogP contribution in [-0.2, 0) is 0 Å². The lowest BCUT2D eigenvalue weighted by Crippen LogP contribution is -2.43. The molecule has 2 amide bonds. The molecule has 1 aromatic carbocycles. The maximum atomic E-state index is 11.5. The standard InChI is InChI=1S/C12H16N2O3/c1-12(2,3)14-11(17)13-9-6-4-5-8(7-9)10(15)16/h4-7H,1-3H3,(H,15,16)(H2,13,14,17). The number of hydrogen-bond acceptors (Lipinski definition) is 2. The average Bonchev–Trinajstić information content (AvgIpc) is 2.14. The monoisotopic (exact) mass is 236 g/mol. The molecule has 1 rings (SSSR count). The highest BCUT2D eigenvalue weighted by Gasteiger charge is 2.13. The molecule has 92 valence electrons. The van der Waals surface area contributed by atoms with Crippen LogP contribution in [0.2, 0.25) is 0 Å². The van der Waals surface area contributed by atoms with E-state index in [9.17, 15) is 9.59 Å². The molecule has 0 radical (unpaired) electrons. The molecule has 0 aliphatic carbocycles. The summed E-state index contributed by atoms with van der Waals surface area (Å²) in [5.41, 5.74) is 0.249. The number of anilines is 1. The number of hydrogen-bond donors (Lipinski definition) is 3. The number of nitrogens with one attached hydrogen (secondary N) is 2. The van der Waals surface area contributed by atoms with Gasteiger partial charge in [-0.25, -0.2) is 9.59 Å². The van der Waals surface area contributed by atoms with Crippen molar-refractivity contribution in [3.8, 4) is 0 Å². The van der Waals surface area contributed by atoms with Gasteiger partial charge in [0.05, 0.1) is 5.56 Å². The van der Waals surface area contributed by atoms with Crippen LogP contribution in [0.3, 0.4) is 0 Å². The first kappa shape index (κ1) is 13.0. The summed E-state index contributed by atoms with van der Waals surface area (Å²) in [5, 5.41) is 14.1. The van der Waals surface area contributed by atoms with Crippen LogP contribution in [0.4, 0.5) is 10.5 Å². The van der Waals surface area contributed by atoms with Crippen molar-refractivity contribution in [2.45, 2.75) is 26.3 Å². The lowest BCUT2D eigenvalue weighted by Gasteiger charge is -2.20. The van der Waals surface area contributed by atoms with E-state index in [2.05, 4.69) is 10.6 Å². The third kappa shape index (κ3) is 4.55. The Kier molecular flexibility index (Phi) is 3.73. The van der Waals surface area contributed by atoms with E-state index in [1.807, 2.05) is 20.8 Å². The van der Waals surface area contributed by atoms with Gasteiger partial charge in [0.2, 0.25) is 0 Å². The predicted octanol–water partition coefficient (Wildman–Crippen LogP) is 2.30. The van der Waals surface area contributed by atoms with Gasteiger partial charge in [0.1, 0.15) is 0 Å².